The van der Waals surface area contributed by atoms with Gasteiger partial charge in [-0.1, -0.05) is 18.2 Å². The summed E-state index contributed by atoms with van der Waals surface area (Å²) in [5.41, 5.74) is -0.380. The Hall–Kier alpha value is -1.38. The van der Waals surface area contributed by atoms with Crippen LogP contribution in [-0.4, -0.2) is 44.1 Å². The smallest absolute Gasteiger partial charge is 0.381 e. The fraction of sp³-hybridized carbons (Fsp3) is 0.632. The summed E-state index contributed by atoms with van der Waals surface area (Å²) in [6.07, 6.45) is -0.809. The molecule has 0 saturated carbocycles. The summed E-state index contributed by atoms with van der Waals surface area (Å²) >= 11 is 5.35. The Morgan fingerprint density at radius 2 is 1.96 bits per heavy atom. The van der Waals surface area contributed by atoms with Crippen LogP contribution in [0.3, 0.4) is 0 Å². The Morgan fingerprint density at radius 3 is 2.63 bits per heavy atom. The molecule has 150 valence electrons. The van der Waals surface area contributed by atoms with E-state index in [1.54, 1.807) is 6.07 Å². The molecular formula is C19H25F3N2O2S. The van der Waals surface area contributed by atoms with Crippen molar-refractivity contribution in [3.05, 3.63) is 35.4 Å². The van der Waals surface area contributed by atoms with Crippen LogP contribution in [0.15, 0.2) is 24.3 Å². The zero-order valence-corrected chi connectivity index (χ0v) is 15.9. The second-order valence-electron chi connectivity index (χ2n) is 7.17. The van der Waals surface area contributed by atoms with Crippen molar-refractivity contribution in [3.8, 4) is 0 Å². The standard InChI is InChI=1S/C19H25F3N2O2S/c20-19(21,22)15-4-1-3-14(11-15)18(6-9-25-10-7-18)13-24-17(27)23-12-16-5-2-8-26-16/h1,3-4,11,16H,2,5-10,12-13H2,(H2,23,24,27)/t16-/m1/s1. The normalized spacial score (nSPS) is 22.4. The van der Waals surface area contributed by atoms with Gasteiger partial charge in [-0.15, -0.1) is 0 Å². The number of hydrogen-bond donors (Lipinski definition) is 2. The first-order valence-corrected chi connectivity index (χ1v) is 9.69. The van der Waals surface area contributed by atoms with Crippen molar-refractivity contribution in [2.75, 3.05) is 32.9 Å². The second-order valence-corrected chi connectivity index (χ2v) is 7.58. The SMILES string of the molecule is FC(F)(F)c1cccc(C2(CNC(=S)NC[C@H]3CCCO3)CCOCC2)c1. The first-order chi connectivity index (χ1) is 12.9. The van der Waals surface area contributed by atoms with E-state index in [1.165, 1.54) is 12.1 Å². The summed E-state index contributed by atoms with van der Waals surface area (Å²) < 4.78 is 50.4. The maximum atomic E-state index is 13.1. The highest BCUT2D eigenvalue weighted by molar-refractivity contribution is 7.80. The molecule has 4 nitrogen and oxygen atoms in total. The number of halogens is 3. The molecule has 0 spiro atoms. The van der Waals surface area contributed by atoms with Gasteiger partial charge >= 0.3 is 6.18 Å². The highest BCUT2D eigenvalue weighted by atomic mass is 32.1. The van der Waals surface area contributed by atoms with Gasteiger partial charge in [0.25, 0.3) is 0 Å². The van der Waals surface area contributed by atoms with Crippen LogP contribution >= 0.6 is 12.2 Å². The van der Waals surface area contributed by atoms with Gasteiger partial charge in [-0.2, -0.15) is 13.2 Å². The minimum Gasteiger partial charge on any atom is -0.381 e. The third kappa shape index (κ3) is 5.33. The van der Waals surface area contributed by atoms with E-state index in [2.05, 4.69) is 10.6 Å². The minimum atomic E-state index is -4.35. The lowest BCUT2D eigenvalue weighted by molar-refractivity contribution is -0.137. The van der Waals surface area contributed by atoms with Crippen molar-refractivity contribution in [1.29, 1.82) is 0 Å². The van der Waals surface area contributed by atoms with Crippen molar-refractivity contribution < 1.29 is 22.6 Å². The molecule has 27 heavy (non-hydrogen) atoms. The summed E-state index contributed by atoms with van der Waals surface area (Å²) in [7, 11) is 0. The van der Waals surface area contributed by atoms with Crippen molar-refractivity contribution >= 4 is 17.3 Å². The summed E-state index contributed by atoms with van der Waals surface area (Å²) in [6, 6.07) is 5.61. The number of hydrogen-bond acceptors (Lipinski definition) is 3. The van der Waals surface area contributed by atoms with E-state index in [0.29, 0.717) is 49.8 Å². The minimum absolute atomic E-state index is 0.172. The van der Waals surface area contributed by atoms with E-state index in [-0.39, 0.29) is 6.10 Å². The topological polar surface area (TPSA) is 42.5 Å². The quantitative estimate of drug-likeness (QED) is 0.739. The van der Waals surface area contributed by atoms with Crippen LogP contribution in [0.25, 0.3) is 0 Å². The second kappa shape index (κ2) is 8.75. The molecule has 2 N–H and O–H groups in total. The summed E-state index contributed by atoms with van der Waals surface area (Å²) in [5, 5.41) is 6.86. The Balaban J connectivity index is 1.66. The highest BCUT2D eigenvalue weighted by Gasteiger charge is 2.37. The van der Waals surface area contributed by atoms with Gasteiger partial charge in [0.05, 0.1) is 11.7 Å². The average Bonchev–Trinajstić information content (AvgIpc) is 3.18. The molecular weight excluding hydrogens is 377 g/mol. The van der Waals surface area contributed by atoms with Crippen LogP contribution in [0, 0.1) is 0 Å². The molecule has 0 aliphatic carbocycles. The molecule has 1 atom stereocenters. The van der Waals surface area contributed by atoms with E-state index >= 15 is 0 Å². The first kappa shape index (κ1) is 20.4. The number of thiocarbonyl (C=S) groups is 1. The van der Waals surface area contributed by atoms with Crippen LogP contribution in [0.5, 0.6) is 0 Å². The van der Waals surface area contributed by atoms with Gasteiger partial charge in [0.15, 0.2) is 5.11 Å². The van der Waals surface area contributed by atoms with E-state index in [9.17, 15) is 13.2 Å². The largest absolute Gasteiger partial charge is 0.416 e. The third-order valence-electron chi connectivity index (χ3n) is 5.35. The third-order valence-corrected chi connectivity index (χ3v) is 5.64. The Kier molecular flexibility index (Phi) is 6.60. The number of ether oxygens (including phenoxy) is 2. The molecule has 0 amide bonds. The molecule has 2 saturated heterocycles. The van der Waals surface area contributed by atoms with E-state index in [1.807, 2.05) is 0 Å². The Bertz CT molecular complexity index is 642. The van der Waals surface area contributed by atoms with E-state index < -0.39 is 17.2 Å². The molecule has 3 rings (SSSR count). The Morgan fingerprint density at radius 1 is 1.19 bits per heavy atom. The van der Waals surface area contributed by atoms with Crippen molar-refractivity contribution in [2.45, 2.75) is 43.4 Å². The number of alkyl halides is 3. The molecule has 8 heteroatoms. The molecule has 1 aromatic carbocycles. The molecule has 0 unspecified atom stereocenters. The number of benzene rings is 1. The lowest BCUT2D eigenvalue weighted by Crippen LogP contribution is -2.48. The predicted octanol–water partition coefficient (Wildman–Crippen LogP) is 3.40. The van der Waals surface area contributed by atoms with E-state index in [4.69, 9.17) is 21.7 Å². The van der Waals surface area contributed by atoms with Crippen LogP contribution < -0.4 is 10.6 Å². The van der Waals surface area contributed by atoms with Gasteiger partial charge in [-0.3, -0.25) is 0 Å². The van der Waals surface area contributed by atoms with Crippen molar-refractivity contribution in [2.24, 2.45) is 0 Å². The van der Waals surface area contributed by atoms with E-state index in [0.717, 1.165) is 25.5 Å². The molecule has 1 aromatic rings. The van der Waals surface area contributed by atoms with Gasteiger partial charge in [0.2, 0.25) is 0 Å². The fourth-order valence-corrected chi connectivity index (χ4v) is 3.83. The monoisotopic (exact) mass is 402 g/mol. The number of rotatable bonds is 5. The molecule has 0 radical (unpaired) electrons. The molecule has 2 fully saturated rings. The van der Waals surface area contributed by atoms with Gasteiger partial charge in [0, 0.05) is 38.3 Å². The Labute approximate surface area is 162 Å². The lowest BCUT2D eigenvalue weighted by Gasteiger charge is -2.38. The first-order valence-electron chi connectivity index (χ1n) is 9.28. The van der Waals surface area contributed by atoms with Gasteiger partial charge in [-0.05, 0) is 49.5 Å². The van der Waals surface area contributed by atoms with Gasteiger partial charge in [0.1, 0.15) is 0 Å². The van der Waals surface area contributed by atoms with Crippen LogP contribution in [0.4, 0.5) is 13.2 Å². The number of nitrogens with one attached hydrogen (secondary N) is 2. The molecule has 0 bridgehead atoms. The van der Waals surface area contributed by atoms with Crippen molar-refractivity contribution in [3.63, 3.8) is 0 Å². The molecule has 0 aromatic heterocycles. The summed E-state index contributed by atoms with van der Waals surface area (Å²) in [4.78, 5) is 0. The average molecular weight is 402 g/mol. The fourth-order valence-electron chi connectivity index (χ4n) is 3.68. The predicted molar refractivity (Wildman–Crippen MR) is 101 cm³/mol. The van der Waals surface area contributed by atoms with Gasteiger partial charge < -0.3 is 20.1 Å². The maximum absolute atomic E-state index is 13.1. The summed E-state index contributed by atoms with van der Waals surface area (Å²) in [5.74, 6) is 0. The maximum Gasteiger partial charge on any atom is 0.416 e. The molecule has 2 heterocycles. The van der Waals surface area contributed by atoms with Crippen LogP contribution in [-0.2, 0) is 21.1 Å². The molecule has 2 aliphatic heterocycles. The lowest BCUT2D eigenvalue weighted by atomic mass is 9.73. The zero-order valence-electron chi connectivity index (χ0n) is 15.1. The van der Waals surface area contributed by atoms with Crippen molar-refractivity contribution in [1.82, 2.24) is 10.6 Å². The highest BCUT2D eigenvalue weighted by Crippen LogP contribution is 2.37. The van der Waals surface area contributed by atoms with Gasteiger partial charge in [-0.25, -0.2) is 0 Å². The molecule has 2 aliphatic rings. The zero-order chi connectivity index (χ0) is 19.3. The van der Waals surface area contributed by atoms with Crippen LogP contribution in [0.2, 0.25) is 0 Å². The summed E-state index contributed by atoms with van der Waals surface area (Å²) in [6.45, 7) is 2.94. The van der Waals surface area contributed by atoms with Crippen LogP contribution in [0.1, 0.15) is 36.8 Å².